The third-order valence-corrected chi connectivity index (χ3v) is 13.3. The molecule has 0 heterocycles. The maximum Gasteiger partial charge on any atom is 0.306 e. The number of carbonyl (C=O) groups excluding carboxylic acids is 3. The standard InChI is InChI=1S/C59H112O6/c1-4-7-10-13-16-19-22-25-27-29-30-32-34-37-40-43-46-49-52-58(61)64-55-56(54-63-57(60)51-48-45-42-39-36-33-24-21-18-15-12-9-6-3)65-59(62)53-50-47-44-41-38-35-31-28-26-23-20-17-14-11-8-5-2/h21,24,56H,4-20,22-23,25-55H2,1-3H3/b24-21+/t56-/m1/s1. The van der Waals surface area contributed by atoms with Gasteiger partial charge in [-0.1, -0.05) is 277 Å². The van der Waals surface area contributed by atoms with Gasteiger partial charge in [0.2, 0.25) is 0 Å². The van der Waals surface area contributed by atoms with Crippen molar-refractivity contribution < 1.29 is 28.6 Å². The van der Waals surface area contributed by atoms with E-state index >= 15 is 0 Å². The predicted octanol–water partition coefficient (Wildman–Crippen LogP) is 19.3. The highest BCUT2D eigenvalue weighted by Crippen LogP contribution is 2.17. The predicted molar refractivity (Wildman–Crippen MR) is 280 cm³/mol. The van der Waals surface area contributed by atoms with Crippen LogP contribution in [0.15, 0.2) is 12.2 Å². The molecule has 0 spiro atoms. The number of hydrogen-bond acceptors (Lipinski definition) is 6. The van der Waals surface area contributed by atoms with E-state index in [1.165, 1.54) is 225 Å². The molecule has 0 unspecified atom stereocenters. The summed E-state index contributed by atoms with van der Waals surface area (Å²) in [5, 5.41) is 0. The zero-order valence-corrected chi connectivity index (χ0v) is 44.0. The summed E-state index contributed by atoms with van der Waals surface area (Å²) in [6.45, 7) is 6.68. The summed E-state index contributed by atoms with van der Waals surface area (Å²) in [7, 11) is 0. The number of carbonyl (C=O) groups is 3. The minimum absolute atomic E-state index is 0.0664. The average Bonchev–Trinajstić information content (AvgIpc) is 3.30. The Bertz CT molecular complexity index is 1010. The van der Waals surface area contributed by atoms with Crippen molar-refractivity contribution in [3.8, 4) is 0 Å². The zero-order chi connectivity index (χ0) is 47.2. The van der Waals surface area contributed by atoms with Crippen molar-refractivity contribution in [3.63, 3.8) is 0 Å². The summed E-state index contributed by atoms with van der Waals surface area (Å²) in [6.07, 6.45) is 62.0. The smallest absolute Gasteiger partial charge is 0.306 e. The van der Waals surface area contributed by atoms with E-state index in [-0.39, 0.29) is 31.1 Å². The molecule has 0 rings (SSSR count). The summed E-state index contributed by atoms with van der Waals surface area (Å²) in [5.41, 5.74) is 0. The third kappa shape index (κ3) is 53.0. The highest BCUT2D eigenvalue weighted by atomic mass is 16.6. The minimum atomic E-state index is -0.767. The van der Waals surface area contributed by atoms with Gasteiger partial charge in [-0.2, -0.15) is 0 Å². The molecule has 0 aromatic rings. The van der Waals surface area contributed by atoms with Gasteiger partial charge in [-0.15, -0.1) is 0 Å². The zero-order valence-electron chi connectivity index (χ0n) is 44.0. The van der Waals surface area contributed by atoms with Gasteiger partial charge in [0.1, 0.15) is 13.2 Å². The van der Waals surface area contributed by atoms with E-state index in [1.807, 2.05) is 0 Å². The van der Waals surface area contributed by atoms with Crippen LogP contribution in [0.1, 0.15) is 329 Å². The van der Waals surface area contributed by atoms with Crippen molar-refractivity contribution in [1.82, 2.24) is 0 Å². The summed E-state index contributed by atoms with van der Waals surface area (Å²) in [5.74, 6) is -0.851. The van der Waals surface area contributed by atoms with E-state index < -0.39 is 6.10 Å². The third-order valence-electron chi connectivity index (χ3n) is 13.3. The molecule has 0 aliphatic rings. The molecule has 1 atom stereocenters. The fourth-order valence-corrected chi connectivity index (χ4v) is 8.85. The number of allylic oxidation sites excluding steroid dienone is 2. The molecule has 0 amide bonds. The number of esters is 3. The molecule has 0 aliphatic heterocycles. The lowest BCUT2D eigenvalue weighted by Gasteiger charge is -2.18. The monoisotopic (exact) mass is 917 g/mol. The largest absolute Gasteiger partial charge is 0.462 e. The lowest BCUT2D eigenvalue weighted by molar-refractivity contribution is -0.167. The van der Waals surface area contributed by atoms with Crippen LogP contribution in [-0.2, 0) is 28.6 Å². The van der Waals surface area contributed by atoms with Crippen LogP contribution in [-0.4, -0.2) is 37.2 Å². The highest BCUT2D eigenvalue weighted by molar-refractivity contribution is 5.71. The number of rotatable bonds is 54. The van der Waals surface area contributed by atoms with Crippen molar-refractivity contribution in [2.24, 2.45) is 0 Å². The van der Waals surface area contributed by atoms with Gasteiger partial charge in [0.05, 0.1) is 0 Å². The summed E-state index contributed by atoms with van der Waals surface area (Å²) >= 11 is 0. The second kappa shape index (κ2) is 54.8. The van der Waals surface area contributed by atoms with E-state index in [2.05, 4.69) is 32.9 Å². The number of ether oxygens (including phenoxy) is 3. The van der Waals surface area contributed by atoms with Gasteiger partial charge in [-0.25, -0.2) is 0 Å². The average molecular weight is 918 g/mol. The van der Waals surface area contributed by atoms with Crippen molar-refractivity contribution in [2.45, 2.75) is 335 Å². The Kier molecular flexibility index (Phi) is 53.2. The van der Waals surface area contributed by atoms with E-state index in [9.17, 15) is 14.4 Å². The fraction of sp³-hybridized carbons (Fsp3) is 0.915. The lowest BCUT2D eigenvalue weighted by Crippen LogP contribution is -2.30. The van der Waals surface area contributed by atoms with E-state index in [4.69, 9.17) is 14.2 Å². The van der Waals surface area contributed by atoms with Crippen LogP contribution in [0.2, 0.25) is 0 Å². The normalized spacial score (nSPS) is 12.0. The molecule has 0 fully saturated rings. The fourth-order valence-electron chi connectivity index (χ4n) is 8.85. The molecule has 65 heavy (non-hydrogen) atoms. The van der Waals surface area contributed by atoms with Gasteiger partial charge in [0.15, 0.2) is 6.10 Å². The Labute approximate surface area is 405 Å². The molecule has 0 aromatic heterocycles. The van der Waals surface area contributed by atoms with Crippen LogP contribution in [0.25, 0.3) is 0 Å². The summed E-state index contributed by atoms with van der Waals surface area (Å²) in [4.78, 5) is 38.1. The number of unbranched alkanes of at least 4 members (excludes halogenated alkanes) is 41. The van der Waals surface area contributed by atoms with Gasteiger partial charge in [-0.3, -0.25) is 14.4 Å². The van der Waals surface area contributed by atoms with Gasteiger partial charge >= 0.3 is 17.9 Å². The summed E-state index contributed by atoms with van der Waals surface area (Å²) < 4.78 is 16.9. The Morgan fingerprint density at radius 1 is 0.292 bits per heavy atom. The molecular formula is C59H112O6. The lowest BCUT2D eigenvalue weighted by atomic mass is 10.0. The van der Waals surface area contributed by atoms with Gasteiger partial charge < -0.3 is 14.2 Å². The molecule has 6 nitrogen and oxygen atoms in total. The number of hydrogen-bond donors (Lipinski definition) is 0. The van der Waals surface area contributed by atoms with Gasteiger partial charge in [-0.05, 0) is 44.9 Å². The van der Waals surface area contributed by atoms with Crippen molar-refractivity contribution >= 4 is 17.9 Å². The summed E-state index contributed by atoms with van der Waals surface area (Å²) in [6, 6.07) is 0. The molecule has 0 aromatic carbocycles. The molecule has 0 saturated heterocycles. The minimum Gasteiger partial charge on any atom is -0.462 e. The molecule has 0 saturated carbocycles. The van der Waals surface area contributed by atoms with Crippen molar-refractivity contribution in [1.29, 1.82) is 0 Å². The Morgan fingerprint density at radius 2 is 0.508 bits per heavy atom. The second-order valence-corrected chi connectivity index (χ2v) is 19.9. The molecular weight excluding hydrogens is 805 g/mol. The van der Waals surface area contributed by atoms with Crippen molar-refractivity contribution in [2.75, 3.05) is 13.2 Å². The molecule has 0 radical (unpaired) electrons. The van der Waals surface area contributed by atoms with Crippen LogP contribution in [0.4, 0.5) is 0 Å². The molecule has 0 aliphatic carbocycles. The highest BCUT2D eigenvalue weighted by Gasteiger charge is 2.19. The molecule has 0 bridgehead atoms. The molecule has 6 heteroatoms. The topological polar surface area (TPSA) is 78.9 Å². The van der Waals surface area contributed by atoms with Crippen LogP contribution in [0, 0.1) is 0 Å². The SMILES string of the molecule is CCCCCC/C=C/CCCCCCCC(=O)OC[C@H](COC(=O)CCCCCCCCCCCCCCCCCCCC)OC(=O)CCCCCCCCCCCCCCCCCC. The molecule has 0 N–H and O–H groups in total. The maximum absolute atomic E-state index is 12.8. The van der Waals surface area contributed by atoms with E-state index in [0.29, 0.717) is 19.3 Å². The second-order valence-electron chi connectivity index (χ2n) is 19.9. The maximum atomic E-state index is 12.8. The first-order chi connectivity index (χ1) is 32.0. The van der Waals surface area contributed by atoms with Gasteiger partial charge in [0.25, 0.3) is 0 Å². The van der Waals surface area contributed by atoms with Crippen molar-refractivity contribution in [3.05, 3.63) is 12.2 Å². The first-order valence-corrected chi connectivity index (χ1v) is 29.2. The van der Waals surface area contributed by atoms with Gasteiger partial charge in [0, 0.05) is 19.3 Å². The van der Waals surface area contributed by atoms with E-state index in [0.717, 1.165) is 64.2 Å². The van der Waals surface area contributed by atoms with Crippen LogP contribution in [0.5, 0.6) is 0 Å². The first-order valence-electron chi connectivity index (χ1n) is 29.2. The Morgan fingerprint density at radius 3 is 0.785 bits per heavy atom. The van der Waals surface area contributed by atoms with Crippen LogP contribution in [0.3, 0.4) is 0 Å². The van der Waals surface area contributed by atoms with Crippen LogP contribution >= 0.6 is 0 Å². The Hall–Kier alpha value is -1.85. The first kappa shape index (κ1) is 63.1. The quantitative estimate of drug-likeness (QED) is 0.0262. The Balaban J connectivity index is 4.29. The van der Waals surface area contributed by atoms with E-state index in [1.54, 1.807) is 0 Å². The molecule has 384 valence electrons. The van der Waals surface area contributed by atoms with Crippen LogP contribution < -0.4 is 0 Å².